The molecule has 0 fully saturated rings. The molecule has 2 heterocycles. The number of amides is 1. The molecule has 7 nitrogen and oxygen atoms in total. The first-order chi connectivity index (χ1) is 13.5. The number of carbonyl (C=O) groups excluding carboxylic acids is 1. The van der Waals surface area contributed by atoms with Crippen molar-refractivity contribution in [3.8, 4) is 11.5 Å². The Morgan fingerprint density at radius 3 is 2.64 bits per heavy atom. The molecule has 0 spiro atoms. The van der Waals surface area contributed by atoms with Crippen molar-refractivity contribution >= 4 is 35.1 Å². The van der Waals surface area contributed by atoms with Gasteiger partial charge in [0.25, 0.3) is 11.9 Å². The Bertz CT molecular complexity index is 1070. The number of hydrogen-bond donors (Lipinski definition) is 0. The van der Waals surface area contributed by atoms with E-state index in [4.69, 9.17) is 32.7 Å². The van der Waals surface area contributed by atoms with Gasteiger partial charge in [-0.1, -0.05) is 35.3 Å². The zero-order chi connectivity index (χ0) is 19.8. The summed E-state index contributed by atoms with van der Waals surface area (Å²) in [5.74, 6) is 1.03. The van der Waals surface area contributed by atoms with Crippen LogP contribution in [0.5, 0.6) is 11.5 Å². The number of methoxy groups -OCH3 is 2. The second-order valence-corrected chi connectivity index (χ2v) is 7.03. The lowest BCUT2D eigenvalue weighted by Crippen LogP contribution is -2.24. The highest BCUT2D eigenvalue weighted by atomic mass is 35.5. The minimum atomic E-state index is -0.224. The molecule has 144 valence electrons. The largest absolute Gasteiger partial charge is 0.493 e. The summed E-state index contributed by atoms with van der Waals surface area (Å²) in [7, 11) is 3.05. The van der Waals surface area contributed by atoms with Crippen LogP contribution in [0.1, 0.15) is 21.5 Å². The third-order valence-electron chi connectivity index (χ3n) is 4.51. The highest BCUT2D eigenvalue weighted by Gasteiger charge is 2.35. The van der Waals surface area contributed by atoms with Crippen LogP contribution in [0.3, 0.4) is 0 Å². The Hall–Kier alpha value is -2.77. The zero-order valence-corrected chi connectivity index (χ0v) is 16.7. The average molecular weight is 419 g/mol. The number of nitrogens with zero attached hydrogens (tertiary/aromatic N) is 4. The third kappa shape index (κ3) is 3.16. The van der Waals surface area contributed by atoms with Crippen LogP contribution in [0, 0.1) is 0 Å². The fourth-order valence-corrected chi connectivity index (χ4v) is 3.50. The average Bonchev–Trinajstić information content (AvgIpc) is 3.28. The molecular weight excluding hydrogens is 403 g/mol. The molecule has 1 aliphatic rings. The first kappa shape index (κ1) is 18.6. The molecule has 28 heavy (non-hydrogen) atoms. The van der Waals surface area contributed by atoms with Crippen LogP contribution < -0.4 is 14.4 Å². The van der Waals surface area contributed by atoms with Crippen molar-refractivity contribution in [1.82, 2.24) is 14.8 Å². The van der Waals surface area contributed by atoms with E-state index in [0.29, 0.717) is 46.1 Å². The maximum atomic E-state index is 13.0. The fraction of sp³-hybridized carbons (Fsp3) is 0.211. The van der Waals surface area contributed by atoms with Crippen LogP contribution in [0.15, 0.2) is 36.7 Å². The lowest BCUT2D eigenvalue weighted by atomic mass is 10.1. The molecule has 0 atom stereocenters. The van der Waals surface area contributed by atoms with Crippen LogP contribution in [-0.2, 0) is 13.1 Å². The number of aromatic nitrogens is 3. The quantitative estimate of drug-likeness (QED) is 0.629. The SMILES string of the molecule is COc1ccc2c(c1OC)C(=O)N(c1ncn(Cc3ccc(Cl)c(Cl)c3)n1)C2. The van der Waals surface area contributed by atoms with E-state index in [2.05, 4.69) is 10.1 Å². The molecule has 2 aromatic carbocycles. The van der Waals surface area contributed by atoms with Gasteiger partial charge in [0, 0.05) is 0 Å². The second-order valence-electron chi connectivity index (χ2n) is 6.22. The van der Waals surface area contributed by atoms with E-state index in [1.165, 1.54) is 19.1 Å². The molecule has 0 aliphatic carbocycles. The van der Waals surface area contributed by atoms with Crippen molar-refractivity contribution in [3.63, 3.8) is 0 Å². The van der Waals surface area contributed by atoms with Crippen LogP contribution in [-0.4, -0.2) is 34.9 Å². The zero-order valence-electron chi connectivity index (χ0n) is 15.1. The van der Waals surface area contributed by atoms with E-state index in [9.17, 15) is 4.79 Å². The summed E-state index contributed by atoms with van der Waals surface area (Å²) < 4.78 is 12.3. The summed E-state index contributed by atoms with van der Waals surface area (Å²) in [4.78, 5) is 18.8. The maximum absolute atomic E-state index is 13.0. The van der Waals surface area contributed by atoms with Gasteiger partial charge in [-0.2, -0.15) is 0 Å². The van der Waals surface area contributed by atoms with Gasteiger partial charge in [-0.05, 0) is 29.3 Å². The van der Waals surface area contributed by atoms with Crippen molar-refractivity contribution in [1.29, 1.82) is 0 Å². The van der Waals surface area contributed by atoms with Crippen molar-refractivity contribution < 1.29 is 14.3 Å². The minimum absolute atomic E-state index is 0.224. The summed E-state index contributed by atoms with van der Waals surface area (Å²) in [5, 5.41) is 5.41. The molecule has 1 amide bonds. The van der Waals surface area contributed by atoms with Gasteiger partial charge in [0.15, 0.2) is 11.5 Å². The Morgan fingerprint density at radius 1 is 1.11 bits per heavy atom. The Kier molecular flexibility index (Phi) is 4.87. The molecule has 9 heteroatoms. The molecule has 1 aliphatic heterocycles. The van der Waals surface area contributed by atoms with Crippen LogP contribution in [0.4, 0.5) is 5.95 Å². The first-order valence-electron chi connectivity index (χ1n) is 8.41. The standard InChI is InChI=1S/C19H16Cl2N4O3/c1-27-15-6-4-12-9-25(18(26)16(12)17(15)28-2)19-22-10-24(23-19)8-11-3-5-13(20)14(21)7-11/h3-7,10H,8-9H2,1-2H3. The monoisotopic (exact) mass is 418 g/mol. The van der Waals surface area contributed by atoms with Crippen molar-refractivity contribution in [3.05, 3.63) is 63.4 Å². The number of benzene rings is 2. The summed E-state index contributed by atoms with van der Waals surface area (Å²) in [5.41, 5.74) is 2.24. The Labute approximate surface area is 171 Å². The number of rotatable bonds is 5. The number of anilines is 1. The first-order valence-corrected chi connectivity index (χ1v) is 9.16. The second kappa shape index (κ2) is 7.33. The molecule has 3 aromatic rings. The van der Waals surface area contributed by atoms with Gasteiger partial charge in [-0.15, -0.1) is 5.10 Å². The smallest absolute Gasteiger partial charge is 0.265 e. The molecule has 0 N–H and O–H groups in total. The van der Waals surface area contributed by atoms with Crippen molar-refractivity contribution in [2.24, 2.45) is 0 Å². The number of ether oxygens (including phenoxy) is 2. The summed E-state index contributed by atoms with van der Waals surface area (Å²) >= 11 is 12.0. The van der Waals surface area contributed by atoms with Gasteiger partial charge in [0.1, 0.15) is 6.33 Å². The highest BCUT2D eigenvalue weighted by molar-refractivity contribution is 6.42. The molecule has 0 unspecified atom stereocenters. The lowest BCUT2D eigenvalue weighted by molar-refractivity contribution is 0.0992. The molecule has 4 rings (SSSR count). The van der Waals surface area contributed by atoms with Crippen LogP contribution >= 0.6 is 23.2 Å². The van der Waals surface area contributed by atoms with E-state index in [-0.39, 0.29) is 5.91 Å². The number of hydrogen-bond acceptors (Lipinski definition) is 5. The van der Waals surface area contributed by atoms with Gasteiger partial charge < -0.3 is 9.47 Å². The number of halogens is 2. The predicted octanol–water partition coefficient (Wildman–Crippen LogP) is 3.81. The van der Waals surface area contributed by atoms with E-state index >= 15 is 0 Å². The minimum Gasteiger partial charge on any atom is -0.493 e. The molecule has 0 saturated carbocycles. The number of carbonyl (C=O) groups is 1. The van der Waals surface area contributed by atoms with Crippen LogP contribution in [0.25, 0.3) is 0 Å². The topological polar surface area (TPSA) is 69.5 Å². The van der Waals surface area contributed by atoms with Gasteiger partial charge in [0.05, 0.1) is 42.9 Å². The molecular formula is C19H16Cl2N4O3. The maximum Gasteiger partial charge on any atom is 0.265 e. The summed E-state index contributed by atoms with van der Waals surface area (Å²) in [6.45, 7) is 0.821. The lowest BCUT2D eigenvalue weighted by Gasteiger charge is -2.11. The normalized spacial score (nSPS) is 13.0. The van der Waals surface area contributed by atoms with E-state index in [0.717, 1.165) is 11.1 Å². The van der Waals surface area contributed by atoms with Crippen molar-refractivity contribution in [2.75, 3.05) is 19.1 Å². The van der Waals surface area contributed by atoms with Gasteiger partial charge in [-0.3, -0.25) is 9.69 Å². The van der Waals surface area contributed by atoms with Gasteiger partial charge in [0.2, 0.25) is 0 Å². The predicted molar refractivity (Wildman–Crippen MR) is 106 cm³/mol. The van der Waals surface area contributed by atoms with Gasteiger partial charge in [-0.25, -0.2) is 9.67 Å². The Balaban J connectivity index is 1.59. The summed E-state index contributed by atoms with van der Waals surface area (Å²) in [6, 6.07) is 9.01. The number of fused-ring (bicyclic) bond motifs is 1. The molecule has 0 saturated heterocycles. The van der Waals surface area contributed by atoms with E-state index in [1.54, 1.807) is 29.2 Å². The third-order valence-corrected chi connectivity index (χ3v) is 5.25. The summed E-state index contributed by atoms with van der Waals surface area (Å²) in [6.07, 6.45) is 1.58. The van der Waals surface area contributed by atoms with E-state index < -0.39 is 0 Å². The Morgan fingerprint density at radius 2 is 1.93 bits per heavy atom. The molecule has 0 radical (unpaired) electrons. The fourth-order valence-electron chi connectivity index (χ4n) is 3.18. The van der Waals surface area contributed by atoms with Crippen LogP contribution in [0.2, 0.25) is 10.0 Å². The molecule has 0 bridgehead atoms. The van der Waals surface area contributed by atoms with Gasteiger partial charge >= 0.3 is 0 Å². The highest BCUT2D eigenvalue weighted by Crippen LogP contribution is 2.39. The van der Waals surface area contributed by atoms with E-state index in [1.807, 2.05) is 12.1 Å². The van der Waals surface area contributed by atoms with Crippen molar-refractivity contribution in [2.45, 2.75) is 13.1 Å². The molecule has 1 aromatic heterocycles.